The van der Waals surface area contributed by atoms with Gasteiger partial charge in [0.25, 0.3) is 0 Å². The number of ether oxygens (including phenoxy) is 1. The van der Waals surface area contributed by atoms with Gasteiger partial charge in [-0.2, -0.15) is 0 Å². The maximum Gasteiger partial charge on any atom is 0.213 e. The second-order valence-electron chi connectivity index (χ2n) is 6.14. The third-order valence-electron chi connectivity index (χ3n) is 4.19. The molecule has 3 rings (SSSR count). The number of nitrogens with two attached hydrogens (primary N) is 1. The molecule has 0 radical (unpaired) electrons. The zero-order valence-electron chi connectivity index (χ0n) is 12.4. The van der Waals surface area contributed by atoms with Crippen molar-refractivity contribution in [3.8, 4) is 5.88 Å². The fourth-order valence-corrected chi connectivity index (χ4v) is 2.26. The van der Waals surface area contributed by atoms with Crippen LogP contribution in [0.4, 0.5) is 0 Å². The van der Waals surface area contributed by atoms with Crippen LogP contribution in [0.2, 0.25) is 0 Å². The van der Waals surface area contributed by atoms with Crippen molar-refractivity contribution in [2.45, 2.75) is 38.6 Å². The first kappa shape index (κ1) is 14.2. The van der Waals surface area contributed by atoms with Gasteiger partial charge in [0.2, 0.25) is 5.88 Å². The van der Waals surface area contributed by atoms with Gasteiger partial charge >= 0.3 is 0 Å². The molecule has 0 spiro atoms. The van der Waals surface area contributed by atoms with E-state index >= 15 is 0 Å². The van der Waals surface area contributed by atoms with Crippen LogP contribution in [0.15, 0.2) is 23.3 Å². The summed E-state index contributed by atoms with van der Waals surface area (Å²) in [6, 6.07) is 3.91. The third kappa shape index (κ3) is 4.62. The summed E-state index contributed by atoms with van der Waals surface area (Å²) >= 11 is 0. The van der Waals surface area contributed by atoms with Gasteiger partial charge in [0, 0.05) is 18.8 Å². The van der Waals surface area contributed by atoms with Gasteiger partial charge in [-0.05, 0) is 43.1 Å². The number of aromatic nitrogens is 1. The molecule has 0 unspecified atom stereocenters. The molecule has 2 fully saturated rings. The van der Waals surface area contributed by atoms with Gasteiger partial charge in [-0.25, -0.2) is 9.98 Å². The van der Waals surface area contributed by atoms with Crippen molar-refractivity contribution in [3.63, 3.8) is 0 Å². The van der Waals surface area contributed by atoms with Crippen molar-refractivity contribution in [2.24, 2.45) is 22.6 Å². The first-order valence-electron chi connectivity index (χ1n) is 7.91. The van der Waals surface area contributed by atoms with Crippen LogP contribution < -0.4 is 15.8 Å². The number of hydrogen-bond donors (Lipinski definition) is 2. The molecule has 0 saturated heterocycles. The molecule has 1 aromatic rings. The highest BCUT2D eigenvalue weighted by Gasteiger charge is 2.22. The van der Waals surface area contributed by atoms with E-state index in [9.17, 15) is 0 Å². The zero-order valence-corrected chi connectivity index (χ0v) is 12.4. The lowest BCUT2D eigenvalue weighted by Crippen LogP contribution is -2.37. The SMILES string of the molecule is NC(=NCc1ccc(OCC2CC2)nc1)NCC1CCC1. The van der Waals surface area contributed by atoms with E-state index in [4.69, 9.17) is 10.5 Å². The van der Waals surface area contributed by atoms with Crippen molar-refractivity contribution in [1.82, 2.24) is 10.3 Å². The molecule has 5 nitrogen and oxygen atoms in total. The van der Waals surface area contributed by atoms with Crippen LogP contribution in [-0.4, -0.2) is 24.1 Å². The lowest BCUT2D eigenvalue weighted by molar-refractivity contribution is 0.288. The van der Waals surface area contributed by atoms with Crippen molar-refractivity contribution in [2.75, 3.05) is 13.2 Å². The Morgan fingerprint density at radius 1 is 1.29 bits per heavy atom. The Labute approximate surface area is 126 Å². The molecule has 3 N–H and O–H groups in total. The molecule has 0 amide bonds. The fraction of sp³-hybridized carbons (Fsp3) is 0.625. The van der Waals surface area contributed by atoms with Crippen LogP contribution in [0, 0.1) is 11.8 Å². The second kappa shape index (κ2) is 6.78. The van der Waals surface area contributed by atoms with Gasteiger partial charge in [-0.1, -0.05) is 12.5 Å². The Morgan fingerprint density at radius 3 is 2.76 bits per heavy atom. The number of hydrogen-bond acceptors (Lipinski definition) is 3. The Hall–Kier alpha value is -1.78. The van der Waals surface area contributed by atoms with Gasteiger partial charge in [-0.15, -0.1) is 0 Å². The number of guanidine groups is 1. The maximum atomic E-state index is 5.86. The summed E-state index contributed by atoms with van der Waals surface area (Å²) in [6.07, 6.45) is 8.37. The summed E-state index contributed by atoms with van der Waals surface area (Å²) in [7, 11) is 0. The van der Waals surface area contributed by atoms with Gasteiger partial charge in [-0.3, -0.25) is 0 Å². The molecule has 1 aromatic heterocycles. The van der Waals surface area contributed by atoms with Gasteiger partial charge in [0.15, 0.2) is 5.96 Å². The van der Waals surface area contributed by atoms with Crippen LogP contribution in [0.5, 0.6) is 5.88 Å². The number of nitrogens with zero attached hydrogens (tertiary/aromatic N) is 2. The molecule has 0 bridgehead atoms. The Balaban J connectivity index is 1.40. The molecule has 1 heterocycles. The van der Waals surface area contributed by atoms with E-state index in [2.05, 4.69) is 15.3 Å². The summed E-state index contributed by atoms with van der Waals surface area (Å²) in [5.41, 5.74) is 6.90. The van der Waals surface area contributed by atoms with Crippen molar-refractivity contribution in [1.29, 1.82) is 0 Å². The molecule has 114 valence electrons. The maximum absolute atomic E-state index is 5.86. The highest BCUT2D eigenvalue weighted by atomic mass is 16.5. The second-order valence-corrected chi connectivity index (χ2v) is 6.14. The van der Waals surface area contributed by atoms with E-state index in [0.717, 1.165) is 30.6 Å². The standard InChI is InChI=1S/C16H24N4O/c17-16(19-8-12-2-1-3-12)20-10-14-6-7-15(18-9-14)21-11-13-4-5-13/h6-7,9,12-13H,1-5,8,10-11H2,(H3,17,19,20). The Kier molecular flexibility index (Phi) is 4.58. The minimum Gasteiger partial charge on any atom is -0.477 e. The molecule has 2 saturated carbocycles. The van der Waals surface area contributed by atoms with Crippen LogP contribution in [0.1, 0.15) is 37.7 Å². The fourth-order valence-electron chi connectivity index (χ4n) is 2.26. The van der Waals surface area contributed by atoms with Crippen molar-refractivity contribution in [3.05, 3.63) is 23.9 Å². The smallest absolute Gasteiger partial charge is 0.213 e. The predicted octanol–water partition coefficient (Wildman–Crippen LogP) is 2.07. The molecule has 2 aliphatic rings. The normalized spacial score (nSPS) is 19.1. The molecule has 2 aliphatic carbocycles. The van der Waals surface area contributed by atoms with E-state index in [0.29, 0.717) is 18.4 Å². The van der Waals surface area contributed by atoms with Crippen molar-refractivity contribution < 1.29 is 4.74 Å². The van der Waals surface area contributed by atoms with Gasteiger partial charge < -0.3 is 15.8 Å². The lowest BCUT2D eigenvalue weighted by Gasteiger charge is -2.25. The first-order chi connectivity index (χ1) is 10.3. The summed E-state index contributed by atoms with van der Waals surface area (Å²) in [6.45, 7) is 2.30. The molecular weight excluding hydrogens is 264 g/mol. The first-order valence-corrected chi connectivity index (χ1v) is 7.91. The number of rotatable bonds is 7. The Morgan fingerprint density at radius 2 is 2.14 bits per heavy atom. The molecule has 5 heteroatoms. The van der Waals surface area contributed by atoms with Crippen LogP contribution in [0.25, 0.3) is 0 Å². The topological polar surface area (TPSA) is 72.5 Å². The number of nitrogens with one attached hydrogen (secondary N) is 1. The zero-order chi connectivity index (χ0) is 14.5. The van der Waals surface area contributed by atoms with E-state index in [1.807, 2.05) is 18.3 Å². The van der Waals surface area contributed by atoms with Gasteiger partial charge in [0.1, 0.15) is 0 Å². The monoisotopic (exact) mass is 288 g/mol. The van der Waals surface area contributed by atoms with Crippen LogP contribution in [0.3, 0.4) is 0 Å². The summed E-state index contributed by atoms with van der Waals surface area (Å²) in [5, 5.41) is 3.19. The van der Waals surface area contributed by atoms with E-state index in [-0.39, 0.29) is 0 Å². The van der Waals surface area contributed by atoms with Gasteiger partial charge in [0.05, 0.1) is 13.2 Å². The molecular formula is C16H24N4O. The Bertz CT molecular complexity index is 478. The summed E-state index contributed by atoms with van der Waals surface area (Å²) in [4.78, 5) is 8.64. The van der Waals surface area contributed by atoms with Crippen LogP contribution in [-0.2, 0) is 6.54 Å². The van der Waals surface area contributed by atoms with Crippen molar-refractivity contribution >= 4 is 5.96 Å². The molecule has 0 aliphatic heterocycles. The van der Waals surface area contributed by atoms with E-state index in [1.54, 1.807) is 0 Å². The summed E-state index contributed by atoms with van der Waals surface area (Å²) in [5.74, 6) is 2.75. The molecule has 0 atom stereocenters. The minimum atomic E-state index is 0.524. The largest absolute Gasteiger partial charge is 0.477 e. The highest BCUT2D eigenvalue weighted by Crippen LogP contribution is 2.29. The lowest BCUT2D eigenvalue weighted by atomic mass is 9.85. The third-order valence-corrected chi connectivity index (χ3v) is 4.19. The van der Waals surface area contributed by atoms with E-state index < -0.39 is 0 Å². The van der Waals surface area contributed by atoms with Crippen LogP contribution >= 0.6 is 0 Å². The van der Waals surface area contributed by atoms with E-state index in [1.165, 1.54) is 32.1 Å². The highest BCUT2D eigenvalue weighted by molar-refractivity contribution is 5.77. The quantitative estimate of drug-likeness (QED) is 0.595. The minimum absolute atomic E-state index is 0.524. The number of aliphatic imine (C=N–C) groups is 1. The molecule has 21 heavy (non-hydrogen) atoms. The predicted molar refractivity (Wildman–Crippen MR) is 83.1 cm³/mol. The number of pyridine rings is 1. The average Bonchev–Trinajstić information content (AvgIpc) is 3.26. The molecule has 0 aromatic carbocycles. The average molecular weight is 288 g/mol. The summed E-state index contributed by atoms with van der Waals surface area (Å²) < 4.78 is 5.61.